The lowest BCUT2D eigenvalue weighted by atomic mass is 10.1. The summed E-state index contributed by atoms with van der Waals surface area (Å²) in [4.78, 5) is 1.89. The molecule has 3 aromatic rings. The highest BCUT2D eigenvalue weighted by atomic mass is 35.5. The van der Waals surface area contributed by atoms with E-state index in [1.54, 1.807) is 6.07 Å². The van der Waals surface area contributed by atoms with Crippen LogP contribution in [0.4, 0.5) is 4.39 Å². The van der Waals surface area contributed by atoms with Crippen molar-refractivity contribution < 1.29 is 9.50 Å². The van der Waals surface area contributed by atoms with Crippen LogP contribution in [0.1, 0.15) is 15.9 Å². The van der Waals surface area contributed by atoms with Gasteiger partial charge in [-0.3, -0.25) is 0 Å². The van der Waals surface area contributed by atoms with Crippen molar-refractivity contribution in [3.63, 3.8) is 0 Å². The first kappa shape index (κ1) is 13.1. The highest BCUT2D eigenvalue weighted by molar-refractivity contribution is 7.19. The zero-order valence-electron chi connectivity index (χ0n) is 9.77. The van der Waals surface area contributed by atoms with E-state index >= 15 is 0 Å². The molecule has 1 N–H and O–H groups in total. The lowest BCUT2D eigenvalue weighted by Gasteiger charge is -2.05. The lowest BCUT2D eigenvalue weighted by Crippen LogP contribution is -1.97. The summed E-state index contributed by atoms with van der Waals surface area (Å²) >= 11 is 8.77. The first-order valence-corrected chi connectivity index (χ1v) is 7.74. The van der Waals surface area contributed by atoms with Gasteiger partial charge in [-0.05, 0) is 35.7 Å². The Morgan fingerprint density at radius 3 is 2.74 bits per heavy atom. The van der Waals surface area contributed by atoms with E-state index in [4.69, 9.17) is 11.6 Å². The maximum Gasteiger partial charge on any atom is 0.124 e. The van der Waals surface area contributed by atoms with E-state index in [1.807, 2.05) is 18.2 Å². The smallest absolute Gasteiger partial charge is 0.124 e. The standard InChI is InChI=1S/C14H10ClFOS2/c15-14-4-3-10(18-14)7-11(17)13-5-8-1-2-9(16)6-12(8)19-13/h1-6,11,17H,7H2. The van der Waals surface area contributed by atoms with Gasteiger partial charge in [0.15, 0.2) is 0 Å². The van der Waals surface area contributed by atoms with Crippen LogP contribution >= 0.6 is 34.3 Å². The molecule has 19 heavy (non-hydrogen) atoms. The Bertz CT molecular complexity index is 719. The minimum atomic E-state index is -0.574. The molecule has 3 rings (SSSR count). The van der Waals surface area contributed by atoms with Gasteiger partial charge in [0.05, 0.1) is 10.4 Å². The number of benzene rings is 1. The summed E-state index contributed by atoms with van der Waals surface area (Å²) in [5, 5.41) is 11.2. The van der Waals surface area contributed by atoms with Crippen LogP contribution in [-0.2, 0) is 6.42 Å². The minimum Gasteiger partial charge on any atom is -0.387 e. The van der Waals surface area contributed by atoms with Crippen LogP contribution in [0.3, 0.4) is 0 Å². The summed E-state index contributed by atoms with van der Waals surface area (Å²) in [6.07, 6.45) is -0.0395. The van der Waals surface area contributed by atoms with Crippen molar-refractivity contribution in [2.75, 3.05) is 0 Å². The van der Waals surface area contributed by atoms with E-state index in [0.29, 0.717) is 6.42 Å². The van der Waals surface area contributed by atoms with Crippen LogP contribution in [0.25, 0.3) is 10.1 Å². The van der Waals surface area contributed by atoms with Crippen molar-refractivity contribution in [3.05, 3.63) is 56.3 Å². The first-order valence-electron chi connectivity index (χ1n) is 5.73. The fraction of sp³-hybridized carbons (Fsp3) is 0.143. The molecule has 98 valence electrons. The van der Waals surface area contributed by atoms with E-state index < -0.39 is 6.10 Å². The molecule has 0 fully saturated rings. The zero-order valence-corrected chi connectivity index (χ0v) is 12.2. The summed E-state index contributed by atoms with van der Waals surface area (Å²) in [6.45, 7) is 0. The normalized spacial score (nSPS) is 13.0. The van der Waals surface area contributed by atoms with E-state index in [2.05, 4.69) is 0 Å². The second kappa shape index (κ2) is 5.21. The monoisotopic (exact) mass is 312 g/mol. The van der Waals surface area contributed by atoms with Gasteiger partial charge in [0.1, 0.15) is 5.82 Å². The molecular formula is C14H10ClFOS2. The van der Waals surface area contributed by atoms with Gasteiger partial charge in [0.2, 0.25) is 0 Å². The zero-order chi connectivity index (χ0) is 13.4. The fourth-order valence-electron chi connectivity index (χ4n) is 1.94. The molecule has 0 amide bonds. The van der Waals surface area contributed by atoms with Crippen LogP contribution in [-0.4, -0.2) is 5.11 Å². The maximum atomic E-state index is 13.1. The lowest BCUT2D eigenvalue weighted by molar-refractivity contribution is 0.183. The Hall–Kier alpha value is -0.940. The molecule has 5 heteroatoms. The fourth-order valence-corrected chi connectivity index (χ4v) is 4.14. The van der Waals surface area contributed by atoms with Gasteiger partial charge in [-0.15, -0.1) is 22.7 Å². The molecule has 2 aromatic heterocycles. The molecule has 0 aliphatic carbocycles. The number of aliphatic hydroxyl groups is 1. The second-order valence-corrected chi connectivity index (χ2v) is 7.17. The van der Waals surface area contributed by atoms with Gasteiger partial charge in [-0.1, -0.05) is 17.7 Å². The van der Waals surface area contributed by atoms with E-state index in [1.165, 1.54) is 34.8 Å². The first-order chi connectivity index (χ1) is 9.11. The number of fused-ring (bicyclic) bond motifs is 1. The molecule has 0 saturated carbocycles. The third-order valence-electron chi connectivity index (χ3n) is 2.85. The van der Waals surface area contributed by atoms with E-state index in [-0.39, 0.29) is 5.82 Å². The summed E-state index contributed by atoms with van der Waals surface area (Å²) < 4.78 is 14.7. The third kappa shape index (κ3) is 2.82. The molecule has 0 bridgehead atoms. The van der Waals surface area contributed by atoms with Crippen molar-refractivity contribution in [1.82, 2.24) is 0 Å². The van der Waals surface area contributed by atoms with Crippen molar-refractivity contribution in [2.24, 2.45) is 0 Å². The number of rotatable bonds is 3. The molecule has 0 radical (unpaired) electrons. The van der Waals surface area contributed by atoms with E-state index in [9.17, 15) is 9.50 Å². The predicted molar refractivity (Wildman–Crippen MR) is 79.8 cm³/mol. The number of hydrogen-bond donors (Lipinski definition) is 1. The van der Waals surface area contributed by atoms with Crippen LogP contribution in [0.2, 0.25) is 4.34 Å². The predicted octanol–water partition coefficient (Wildman–Crippen LogP) is 5.03. The number of aliphatic hydroxyl groups excluding tert-OH is 1. The Morgan fingerprint density at radius 2 is 2.00 bits per heavy atom. The number of thiophene rings is 2. The highest BCUT2D eigenvalue weighted by Gasteiger charge is 2.13. The van der Waals surface area contributed by atoms with Crippen molar-refractivity contribution >= 4 is 44.4 Å². The average Bonchev–Trinajstić information content (AvgIpc) is 2.95. The molecule has 0 aliphatic heterocycles. The molecular weight excluding hydrogens is 303 g/mol. The third-order valence-corrected chi connectivity index (χ3v) is 5.31. The van der Waals surface area contributed by atoms with Crippen molar-refractivity contribution in [3.8, 4) is 0 Å². The molecule has 2 heterocycles. The Labute approximate surface area is 122 Å². The molecule has 0 saturated heterocycles. The molecule has 0 spiro atoms. The van der Waals surface area contributed by atoms with Crippen LogP contribution in [0.5, 0.6) is 0 Å². The van der Waals surface area contributed by atoms with Gasteiger partial charge in [0, 0.05) is 20.9 Å². The number of hydrogen-bond acceptors (Lipinski definition) is 3. The van der Waals surface area contributed by atoms with Crippen molar-refractivity contribution in [1.29, 1.82) is 0 Å². The summed E-state index contributed by atoms with van der Waals surface area (Å²) in [5.74, 6) is -0.250. The summed E-state index contributed by atoms with van der Waals surface area (Å²) in [7, 11) is 0. The Balaban J connectivity index is 1.86. The molecule has 1 unspecified atom stereocenters. The quantitative estimate of drug-likeness (QED) is 0.719. The van der Waals surface area contributed by atoms with Crippen LogP contribution in [0.15, 0.2) is 36.4 Å². The minimum absolute atomic E-state index is 0.250. The van der Waals surface area contributed by atoms with Crippen LogP contribution < -0.4 is 0 Å². The molecule has 1 atom stereocenters. The molecule has 1 nitrogen and oxygen atoms in total. The summed E-state index contributed by atoms with van der Waals surface area (Å²) in [5.41, 5.74) is 0. The van der Waals surface area contributed by atoms with Gasteiger partial charge in [-0.25, -0.2) is 4.39 Å². The maximum absolute atomic E-state index is 13.1. The largest absolute Gasteiger partial charge is 0.387 e. The van der Waals surface area contributed by atoms with Gasteiger partial charge in [-0.2, -0.15) is 0 Å². The Morgan fingerprint density at radius 1 is 1.16 bits per heavy atom. The van der Waals surface area contributed by atoms with E-state index in [0.717, 1.165) is 24.2 Å². The van der Waals surface area contributed by atoms with Gasteiger partial charge >= 0.3 is 0 Å². The summed E-state index contributed by atoms with van der Waals surface area (Å²) in [6, 6.07) is 10.3. The highest BCUT2D eigenvalue weighted by Crippen LogP contribution is 2.33. The number of halogens is 2. The second-order valence-electron chi connectivity index (χ2n) is 4.26. The van der Waals surface area contributed by atoms with Gasteiger partial charge < -0.3 is 5.11 Å². The topological polar surface area (TPSA) is 20.2 Å². The SMILES string of the molecule is OC(Cc1ccc(Cl)s1)c1cc2ccc(F)cc2s1. The van der Waals surface area contributed by atoms with Crippen molar-refractivity contribution in [2.45, 2.75) is 12.5 Å². The average molecular weight is 313 g/mol. The van der Waals surface area contributed by atoms with Gasteiger partial charge in [0.25, 0.3) is 0 Å². The Kier molecular flexibility index (Phi) is 3.58. The van der Waals surface area contributed by atoms with Crippen LogP contribution in [0, 0.1) is 5.82 Å². The molecule has 0 aliphatic rings. The molecule has 1 aromatic carbocycles.